The Morgan fingerprint density at radius 1 is 1.26 bits per heavy atom. The fraction of sp³-hybridized carbons (Fsp3) is 0.333. The van der Waals surface area contributed by atoms with Crippen molar-refractivity contribution < 1.29 is 13.2 Å². The van der Waals surface area contributed by atoms with Gasteiger partial charge in [0.15, 0.2) is 0 Å². The van der Waals surface area contributed by atoms with E-state index in [1.165, 1.54) is 17.1 Å². The minimum absolute atomic E-state index is 0.0204. The molecule has 2 heterocycles. The molecule has 0 aliphatic heterocycles. The lowest BCUT2D eigenvalue weighted by Gasteiger charge is -2.08. The molecule has 0 atom stereocenters. The highest BCUT2D eigenvalue weighted by Gasteiger charge is 2.26. The van der Waals surface area contributed by atoms with Crippen molar-refractivity contribution in [1.29, 1.82) is 0 Å². The number of nitrogens with one attached hydrogen (secondary N) is 1. The topological polar surface area (TPSA) is 68.5 Å². The van der Waals surface area contributed by atoms with Crippen LogP contribution in [0.5, 0.6) is 0 Å². The van der Waals surface area contributed by atoms with Gasteiger partial charge in [0, 0.05) is 18.9 Å². The number of nitrogens with zero attached hydrogens (tertiary/aromatic N) is 5. The SMILES string of the molecule is FC(F)(F)CCNc1nc(Cl)nc(-n2ccnc2)n1. The summed E-state index contributed by atoms with van der Waals surface area (Å²) >= 11 is 5.68. The molecule has 6 nitrogen and oxygen atoms in total. The highest BCUT2D eigenvalue weighted by atomic mass is 35.5. The maximum Gasteiger partial charge on any atom is 0.390 e. The molecule has 19 heavy (non-hydrogen) atoms. The fourth-order valence-electron chi connectivity index (χ4n) is 1.23. The van der Waals surface area contributed by atoms with Gasteiger partial charge in [-0.1, -0.05) is 0 Å². The highest BCUT2D eigenvalue weighted by Crippen LogP contribution is 2.19. The van der Waals surface area contributed by atoms with Crippen LogP contribution < -0.4 is 5.32 Å². The van der Waals surface area contributed by atoms with Gasteiger partial charge in [0.1, 0.15) is 6.33 Å². The Morgan fingerprint density at radius 2 is 2.05 bits per heavy atom. The zero-order valence-corrected chi connectivity index (χ0v) is 10.2. The first-order valence-corrected chi connectivity index (χ1v) is 5.52. The first-order valence-electron chi connectivity index (χ1n) is 5.14. The molecule has 0 bridgehead atoms. The molecule has 0 unspecified atom stereocenters. The summed E-state index contributed by atoms with van der Waals surface area (Å²) in [7, 11) is 0. The van der Waals surface area contributed by atoms with Crippen LogP contribution in [-0.2, 0) is 0 Å². The number of halogens is 4. The van der Waals surface area contributed by atoms with Gasteiger partial charge in [-0.15, -0.1) is 0 Å². The van der Waals surface area contributed by atoms with E-state index in [0.29, 0.717) is 0 Å². The van der Waals surface area contributed by atoms with Crippen molar-refractivity contribution in [3.05, 3.63) is 24.0 Å². The van der Waals surface area contributed by atoms with Crippen LogP contribution in [0.15, 0.2) is 18.7 Å². The van der Waals surface area contributed by atoms with Gasteiger partial charge in [0.05, 0.1) is 6.42 Å². The van der Waals surface area contributed by atoms with E-state index in [0.717, 1.165) is 0 Å². The number of anilines is 1. The molecule has 0 aliphatic carbocycles. The summed E-state index contributed by atoms with van der Waals surface area (Å²) in [5.41, 5.74) is 0. The minimum atomic E-state index is -4.24. The lowest BCUT2D eigenvalue weighted by atomic mass is 10.4. The number of imidazole rings is 1. The number of hydrogen-bond donors (Lipinski definition) is 1. The molecule has 1 N–H and O–H groups in total. The first-order chi connectivity index (χ1) is 8.94. The summed E-state index contributed by atoms with van der Waals surface area (Å²) in [4.78, 5) is 15.3. The smallest absolute Gasteiger partial charge is 0.354 e. The minimum Gasteiger partial charge on any atom is -0.354 e. The van der Waals surface area contributed by atoms with Gasteiger partial charge >= 0.3 is 6.18 Å². The summed E-state index contributed by atoms with van der Waals surface area (Å²) in [6.07, 6.45) is -0.710. The summed E-state index contributed by atoms with van der Waals surface area (Å²) in [5.74, 6) is 0.153. The van der Waals surface area contributed by atoms with Crippen LogP contribution in [0, 0.1) is 0 Å². The van der Waals surface area contributed by atoms with Crippen LogP contribution in [0.3, 0.4) is 0 Å². The van der Waals surface area contributed by atoms with Crippen molar-refractivity contribution in [2.45, 2.75) is 12.6 Å². The average Bonchev–Trinajstić information content (AvgIpc) is 2.79. The zero-order chi connectivity index (χ0) is 13.9. The van der Waals surface area contributed by atoms with Gasteiger partial charge in [-0.2, -0.15) is 28.1 Å². The van der Waals surface area contributed by atoms with Crippen molar-refractivity contribution in [2.75, 3.05) is 11.9 Å². The van der Waals surface area contributed by atoms with Crippen LogP contribution in [0.25, 0.3) is 5.95 Å². The molecule has 0 amide bonds. The van der Waals surface area contributed by atoms with E-state index in [4.69, 9.17) is 11.6 Å². The summed E-state index contributed by atoms with van der Waals surface area (Å²) in [6, 6.07) is 0. The average molecular weight is 293 g/mol. The zero-order valence-electron chi connectivity index (χ0n) is 9.39. The predicted octanol–water partition coefficient (Wildman–Crippen LogP) is 2.07. The Balaban J connectivity index is 2.09. The number of hydrogen-bond acceptors (Lipinski definition) is 5. The van der Waals surface area contributed by atoms with Gasteiger partial charge in [0.2, 0.25) is 17.2 Å². The molecule has 0 radical (unpaired) electrons. The van der Waals surface area contributed by atoms with E-state index in [-0.39, 0.29) is 23.7 Å². The Hall–Kier alpha value is -1.90. The lowest BCUT2D eigenvalue weighted by molar-refractivity contribution is -0.131. The fourth-order valence-corrected chi connectivity index (χ4v) is 1.38. The van der Waals surface area contributed by atoms with Crippen LogP contribution in [-0.4, -0.2) is 37.2 Å². The van der Waals surface area contributed by atoms with E-state index >= 15 is 0 Å². The van der Waals surface area contributed by atoms with Gasteiger partial charge in [0.25, 0.3) is 0 Å². The second-order valence-electron chi connectivity index (χ2n) is 3.49. The summed E-state index contributed by atoms with van der Waals surface area (Å²) < 4.78 is 37.5. The second kappa shape index (κ2) is 5.39. The molecule has 2 aromatic rings. The van der Waals surface area contributed by atoms with E-state index < -0.39 is 12.6 Å². The molecule has 10 heteroatoms. The molecule has 2 rings (SSSR count). The molecule has 0 saturated carbocycles. The molecule has 0 saturated heterocycles. The summed E-state index contributed by atoms with van der Waals surface area (Å²) in [6.45, 7) is -0.340. The molecule has 2 aromatic heterocycles. The third kappa shape index (κ3) is 4.05. The molecule has 0 aromatic carbocycles. The van der Waals surface area contributed by atoms with Crippen molar-refractivity contribution in [2.24, 2.45) is 0 Å². The standard InChI is InChI=1S/C9H8ClF3N6/c10-6-16-7(15-2-1-9(11,12)13)18-8(17-6)19-4-3-14-5-19/h3-5H,1-2H2,(H,15,16,17,18). The third-order valence-electron chi connectivity index (χ3n) is 2.02. The van der Waals surface area contributed by atoms with E-state index in [2.05, 4.69) is 25.3 Å². The van der Waals surface area contributed by atoms with Crippen LogP contribution in [0.2, 0.25) is 5.28 Å². The Kier molecular flexibility index (Phi) is 3.84. The van der Waals surface area contributed by atoms with Crippen molar-refractivity contribution in [1.82, 2.24) is 24.5 Å². The molecule has 0 spiro atoms. The monoisotopic (exact) mass is 292 g/mol. The van der Waals surface area contributed by atoms with E-state index in [1.807, 2.05) is 0 Å². The number of alkyl halides is 3. The third-order valence-corrected chi connectivity index (χ3v) is 2.19. The maximum atomic E-state index is 12.0. The molecule has 102 valence electrons. The summed E-state index contributed by atoms with van der Waals surface area (Å²) in [5, 5.41) is 2.33. The molecule has 0 aliphatic rings. The first kappa shape index (κ1) is 13.5. The van der Waals surface area contributed by atoms with Gasteiger partial charge in [-0.25, -0.2) is 4.98 Å². The molecule has 0 fully saturated rings. The quantitative estimate of drug-likeness (QED) is 0.934. The van der Waals surface area contributed by atoms with Crippen LogP contribution in [0.1, 0.15) is 6.42 Å². The maximum absolute atomic E-state index is 12.0. The largest absolute Gasteiger partial charge is 0.390 e. The Morgan fingerprint density at radius 3 is 2.68 bits per heavy atom. The number of aromatic nitrogens is 5. The van der Waals surface area contributed by atoms with Crippen molar-refractivity contribution in [3.8, 4) is 5.95 Å². The van der Waals surface area contributed by atoms with Crippen LogP contribution >= 0.6 is 11.6 Å². The normalized spacial score (nSPS) is 11.6. The number of rotatable bonds is 4. The highest BCUT2D eigenvalue weighted by molar-refractivity contribution is 6.28. The van der Waals surface area contributed by atoms with Crippen LogP contribution in [0.4, 0.5) is 19.1 Å². The Bertz CT molecular complexity index is 541. The lowest BCUT2D eigenvalue weighted by Crippen LogP contribution is -2.16. The van der Waals surface area contributed by atoms with Gasteiger partial charge in [-0.05, 0) is 11.6 Å². The van der Waals surface area contributed by atoms with Gasteiger partial charge in [-0.3, -0.25) is 4.57 Å². The molecular weight excluding hydrogens is 285 g/mol. The Labute approximate surface area is 110 Å². The van der Waals surface area contributed by atoms with Gasteiger partial charge < -0.3 is 5.32 Å². The van der Waals surface area contributed by atoms with E-state index in [9.17, 15) is 13.2 Å². The molecular formula is C9H8ClF3N6. The predicted molar refractivity (Wildman–Crippen MR) is 61.1 cm³/mol. The van der Waals surface area contributed by atoms with E-state index in [1.54, 1.807) is 6.20 Å². The van der Waals surface area contributed by atoms with Crippen molar-refractivity contribution >= 4 is 17.5 Å². The van der Waals surface area contributed by atoms with Crippen molar-refractivity contribution in [3.63, 3.8) is 0 Å². The second-order valence-corrected chi connectivity index (χ2v) is 3.83.